The van der Waals surface area contributed by atoms with Crippen LogP contribution in [0.15, 0.2) is 0 Å². The Balaban J connectivity index is 2.88. The zero-order valence-electron chi connectivity index (χ0n) is 5.64. The van der Waals surface area contributed by atoms with Gasteiger partial charge in [-0.25, -0.2) is 0 Å². The topological polar surface area (TPSA) is 0 Å². The van der Waals surface area contributed by atoms with Crippen molar-refractivity contribution in [3.8, 4) is 0 Å². The van der Waals surface area contributed by atoms with Crippen LogP contribution in [0.1, 0.15) is 13.3 Å². The molecule has 0 aromatic heterocycles. The third kappa shape index (κ3) is 6.88. The van der Waals surface area contributed by atoms with Gasteiger partial charge < -0.3 is 0 Å². The van der Waals surface area contributed by atoms with Crippen molar-refractivity contribution in [2.24, 2.45) is 0 Å². The van der Waals surface area contributed by atoms with E-state index in [0.29, 0.717) is 0 Å². The highest BCUT2D eigenvalue weighted by Crippen LogP contribution is 2.09. The molecule has 0 saturated carbocycles. The Hall–Kier alpha value is 0.990. The second-order valence-corrected chi connectivity index (χ2v) is 3.99. The Bertz CT molecular complexity index is 59.0. The van der Waals surface area contributed by atoms with E-state index in [4.69, 9.17) is 11.6 Å². The van der Waals surface area contributed by atoms with E-state index in [0.717, 1.165) is 11.5 Å². The van der Waals surface area contributed by atoms with E-state index in [-0.39, 0.29) is 5.38 Å². The minimum absolute atomic E-state index is 0.255. The third-order valence-electron chi connectivity index (χ3n) is 0.845. The summed E-state index contributed by atoms with van der Waals surface area (Å²) >= 11 is 11.8. The molecule has 0 amide bonds. The predicted molar refractivity (Wildman–Crippen MR) is 51.1 cm³/mol. The summed E-state index contributed by atoms with van der Waals surface area (Å²) in [7, 11) is 0. The number of hydrogen-bond acceptors (Lipinski definition) is 2. The zero-order valence-corrected chi connectivity index (χ0v) is 8.11. The average molecular weight is 185 g/mol. The Morgan fingerprint density at radius 2 is 2.33 bits per heavy atom. The van der Waals surface area contributed by atoms with Crippen LogP contribution in [0.25, 0.3) is 0 Å². The van der Waals surface area contributed by atoms with Gasteiger partial charge in [-0.15, -0.1) is 11.6 Å². The lowest BCUT2D eigenvalue weighted by Gasteiger charge is -2.02. The molecule has 0 nitrogen and oxygen atoms in total. The molecule has 0 aliphatic heterocycles. The van der Waals surface area contributed by atoms with Gasteiger partial charge in [-0.3, -0.25) is 0 Å². The normalized spacial score (nSPS) is 13.7. The maximum atomic E-state index is 5.80. The lowest BCUT2D eigenvalue weighted by Crippen LogP contribution is -2.03. The number of rotatable bonds is 5. The molecule has 9 heavy (non-hydrogen) atoms. The molecule has 0 aliphatic carbocycles. The molecule has 56 valence electrons. The van der Waals surface area contributed by atoms with E-state index in [2.05, 4.69) is 19.6 Å². The van der Waals surface area contributed by atoms with E-state index in [9.17, 15) is 0 Å². The molecule has 0 rings (SSSR count). The Morgan fingerprint density at radius 3 is 2.78 bits per heavy atom. The van der Waals surface area contributed by atoms with Gasteiger partial charge in [-0.2, -0.15) is 24.4 Å². The molecule has 0 bridgehead atoms. The fraction of sp³-hybridized carbons (Fsp3) is 1.00. The van der Waals surface area contributed by atoms with Gasteiger partial charge in [0, 0.05) is 11.5 Å². The van der Waals surface area contributed by atoms with E-state index >= 15 is 0 Å². The molecule has 1 unspecified atom stereocenters. The Labute approximate surface area is 72.1 Å². The number of thiol groups is 1. The van der Waals surface area contributed by atoms with Crippen LogP contribution in [0.4, 0.5) is 0 Å². The maximum absolute atomic E-state index is 5.80. The first-order valence-electron chi connectivity index (χ1n) is 3.14. The van der Waals surface area contributed by atoms with Gasteiger partial charge in [0.15, 0.2) is 0 Å². The van der Waals surface area contributed by atoms with Crippen LogP contribution in [0.3, 0.4) is 0 Å². The zero-order chi connectivity index (χ0) is 7.11. The molecule has 0 saturated heterocycles. The van der Waals surface area contributed by atoms with Crippen LogP contribution < -0.4 is 0 Å². The van der Waals surface area contributed by atoms with Crippen molar-refractivity contribution < 1.29 is 0 Å². The third-order valence-corrected chi connectivity index (χ3v) is 3.33. The number of thioether (sulfide) groups is 1. The summed E-state index contributed by atoms with van der Waals surface area (Å²) in [6.07, 6.45) is 1.24. The van der Waals surface area contributed by atoms with Crippen molar-refractivity contribution in [3.05, 3.63) is 0 Å². The van der Waals surface area contributed by atoms with E-state index in [1.54, 1.807) is 0 Å². The fourth-order valence-corrected chi connectivity index (χ4v) is 1.81. The minimum atomic E-state index is 0.255. The van der Waals surface area contributed by atoms with Crippen molar-refractivity contribution in [2.45, 2.75) is 18.7 Å². The molecule has 0 aliphatic rings. The second-order valence-electron chi connectivity index (χ2n) is 1.85. The van der Waals surface area contributed by atoms with Gasteiger partial charge >= 0.3 is 0 Å². The number of halogens is 1. The molecule has 0 aromatic rings. The molecule has 1 atom stereocenters. The highest BCUT2D eigenvalue weighted by Gasteiger charge is 1.99. The smallest absolute Gasteiger partial charge is 0.0514 e. The largest absolute Gasteiger partial charge is 0.178 e. The fourth-order valence-electron chi connectivity index (χ4n) is 0.408. The van der Waals surface area contributed by atoms with Crippen molar-refractivity contribution in [3.63, 3.8) is 0 Å². The molecule has 0 radical (unpaired) electrons. The van der Waals surface area contributed by atoms with Gasteiger partial charge in [-0.1, -0.05) is 6.92 Å². The summed E-state index contributed by atoms with van der Waals surface area (Å²) < 4.78 is 0. The molecular formula is C6H13ClS2. The summed E-state index contributed by atoms with van der Waals surface area (Å²) in [6, 6.07) is 0. The van der Waals surface area contributed by atoms with Crippen molar-refractivity contribution in [2.75, 3.05) is 17.3 Å². The van der Waals surface area contributed by atoms with Crippen LogP contribution in [-0.2, 0) is 0 Å². The monoisotopic (exact) mass is 184 g/mol. The molecule has 0 fully saturated rings. The standard InChI is InChI=1S/C6H13ClS2/c1-2-3-9-5-6(7)4-8/h6,8H,2-5H2,1H3. The van der Waals surface area contributed by atoms with Gasteiger partial charge in [0.05, 0.1) is 5.38 Å². The molecule has 0 N–H and O–H groups in total. The van der Waals surface area contributed by atoms with Crippen LogP contribution in [0, 0.1) is 0 Å². The van der Waals surface area contributed by atoms with Crippen LogP contribution >= 0.6 is 36.0 Å². The number of alkyl halides is 1. The summed E-state index contributed by atoms with van der Waals surface area (Å²) in [5.74, 6) is 3.05. The molecule has 3 heteroatoms. The number of hydrogen-bond donors (Lipinski definition) is 1. The van der Waals surface area contributed by atoms with Gasteiger partial charge in [0.25, 0.3) is 0 Å². The Kier molecular flexibility index (Phi) is 7.88. The minimum Gasteiger partial charge on any atom is -0.178 e. The van der Waals surface area contributed by atoms with Gasteiger partial charge in [0.1, 0.15) is 0 Å². The highest BCUT2D eigenvalue weighted by atomic mass is 35.5. The van der Waals surface area contributed by atoms with Gasteiger partial charge in [0.2, 0.25) is 0 Å². The van der Waals surface area contributed by atoms with Crippen LogP contribution in [-0.4, -0.2) is 22.6 Å². The average Bonchev–Trinajstić information content (AvgIpc) is 1.89. The van der Waals surface area contributed by atoms with E-state index in [1.165, 1.54) is 12.2 Å². The first-order chi connectivity index (χ1) is 4.31. The maximum Gasteiger partial charge on any atom is 0.0514 e. The molecule has 0 spiro atoms. The van der Waals surface area contributed by atoms with Crippen molar-refractivity contribution >= 4 is 36.0 Å². The summed E-state index contributed by atoms with van der Waals surface area (Å²) in [5, 5.41) is 0.255. The highest BCUT2D eigenvalue weighted by molar-refractivity contribution is 7.99. The van der Waals surface area contributed by atoms with Crippen molar-refractivity contribution in [1.82, 2.24) is 0 Å². The lowest BCUT2D eigenvalue weighted by atomic mass is 10.5. The predicted octanol–water partition coefficient (Wildman–Crippen LogP) is 2.67. The molecular weight excluding hydrogens is 172 g/mol. The van der Waals surface area contributed by atoms with Gasteiger partial charge in [-0.05, 0) is 12.2 Å². The first-order valence-corrected chi connectivity index (χ1v) is 5.36. The summed E-state index contributed by atoms with van der Waals surface area (Å²) in [5.41, 5.74) is 0. The summed E-state index contributed by atoms with van der Waals surface area (Å²) in [6.45, 7) is 2.18. The molecule has 0 heterocycles. The lowest BCUT2D eigenvalue weighted by molar-refractivity contribution is 1.09. The first kappa shape index (κ1) is 9.99. The van der Waals surface area contributed by atoms with E-state index < -0.39 is 0 Å². The second kappa shape index (κ2) is 7.10. The summed E-state index contributed by atoms with van der Waals surface area (Å²) in [4.78, 5) is 0. The van der Waals surface area contributed by atoms with Crippen LogP contribution in [0.2, 0.25) is 0 Å². The van der Waals surface area contributed by atoms with E-state index in [1.807, 2.05) is 11.8 Å². The van der Waals surface area contributed by atoms with Crippen molar-refractivity contribution in [1.29, 1.82) is 0 Å². The van der Waals surface area contributed by atoms with Crippen LogP contribution in [0.5, 0.6) is 0 Å². The Morgan fingerprint density at radius 1 is 1.67 bits per heavy atom. The quantitative estimate of drug-likeness (QED) is 0.390. The SMILES string of the molecule is CCCSCC(Cl)CS. The molecule has 0 aromatic carbocycles.